The van der Waals surface area contributed by atoms with Crippen molar-refractivity contribution in [2.75, 3.05) is 5.75 Å². The minimum Gasteiger partial charge on any atom is -0.508 e. The number of tetrazole rings is 1. The Labute approximate surface area is 153 Å². The van der Waals surface area contributed by atoms with E-state index in [9.17, 15) is 14.3 Å². The zero-order valence-electron chi connectivity index (χ0n) is 13.9. The number of carbonyl (C=O) groups excluding carboxylic acids is 1. The van der Waals surface area contributed by atoms with Crippen molar-refractivity contribution in [3.63, 3.8) is 0 Å². The topological polar surface area (TPSA) is 92.9 Å². The smallest absolute Gasteiger partial charge is 0.230 e. The van der Waals surface area contributed by atoms with Crippen LogP contribution in [0, 0.1) is 12.7 Å². The number of thioether (sulfide) groups is 1. The molecule has 9 heteroatoms. The van der Waals surface area contributed by atoms with Crippen molar-refractivity contribution in [3.8, 4) is 11.4 Å². The Morgan fingerprint density at radius 1 is 1.27 bits per heavy atom. The molecule has 2 N–H and O–H groups in total. The van der Waals surface area contributed by atoms with E-state index in [0.29, 0.717) is 23.0 Å². The van der Waals surface area contributed by atoms with E-state index < -0.39 is 0 Å². The van der Waals surface area contributed by atoms with Gasteiger partial charge >= 0.3 is 0 Å². The average Bonchev–Trinajstić information content (AvgIpc) is 3.10. The van der Waals surface area contributed by atoms with Gasteiger partial charge in [-0.25, -0.2) is 4.39 Å². The third kappa shape index (κ3) is 4.37. The number of aryl methyl sites for hydroxylation is 1. The van der Waals surface area contributed by atoms with Crippen LogP contribution in [-0.4, -0.2) is 37.0 Å². The van der Waals surface area contributed by atoms with E-state index >= 15 is 0 Å². The van der Waals surface area contributed by atoms with Gasteiger partial charge in [-0.3, -0.25) is 4.79 Å². The maximum absolute atomic E-state index is 13.2. The van der Waals surface area contributed by atoms with E-state index in [2.05, 4.69) is 20.8 Å². The van der Waals surface area contributed by atoms with Crippen molar-refractivity contribution in [2.45, 2.75) is 18.6 Å². The Morgan fingerprint density at radius 2 is 2.04 bits per heavy atom. The van der Waals surface area contributed by atoms with Crippen LogP contribution in [0.15, 0.2) is 47.6 Å². The number of nitrogens with zero attached hydrogens (tertiary/aromatic N) is 4. The number of phenols is 1. The zero-order valence-corrected chi connectivity index (χ0v) is 14.7. The van der Waals surface area contributed by atoms with Gasteiger partial charge in [-0.1, -0.05) is 23.9 Å². The standard InChI is InChI=1S/C17H16FN5O2S/c1-11-8-12(2-7-15(11)18)9-19-16(25)10-26-17-20-21-22-23(17)13-3-5-14(24)6-4-13/h2-8,24H,9-10H2,1H3,(H,19,25). The van der Waals surface area contributed by atoms with Gasteiger partial charge in [-0.15, -0.1) is 5.10 Å². The number of aromatic hydroxyl groups is 1. The Bertz CT molecular complexity index is 914. The number of amides is 1. The summed E-state index contributed by atoms with van der Waals surface area (Å²) in [4.78, 5) is 12.0. The Balaban J connectivity index is 1.56. The first-order valence-electron chi connectivity index (χ1n) is 7.75. The number of hydrogen-bond donors (Lipinski definition) is 2. The minimum absolute atomic E-state index is 0.138. The lowest BCUT2D eigenvalue weighted by Crippen LogP contribution is -2.24. The van der Waals surface area contributed by atoms with Crippen LogP contribution in [-0.2, 0) is 11.3 Å². The third-order valence-corrected chi connectivity index (χ3v) is 4.50. The van der Waals surface area contributed by atoms with Gasteiger partial charge in [0, 0.05) is 6.54 Å². The van der Waals surface area contributed by atoms with Crippen molar-refractivity contribution >= 4 is 17.7 Å². The number of carbonyl (C=O) groups is 1. The van der Waals surface area contributed by atoms with Crippen molar-refractivity contribution < 1.29 is 14.3 Å². The fourth-order valence-corrected chi connectivity index (χ4v) is 2.94. The molecular weight excluding hydrogens is 357 g/mol. The van der Waals surface area contributed by atoms with Gasteiger partial charge in [0.05, 0.1) is 11.4 Å². The third-order valence-electron chi connectivity index (χ3n) is 3.58. The molecule has 1 amide bonds. The summed E-state index contributed by atoms with van der Waals surface area (Å²) >= 11 is 1.19. The number of hydrogen-bond acceptors (Lipinski definition) is 6. The molecule has 0 aliphatic rings. The fourth-order valence-electron chi connectivity index (χ4n) is 2.22. The monoisotopic (exact) mass is 373 g/mol. The first-order valence-corrected chi connectivity index (χ1v) is 8.74. The molecule has 1 aromatic heterocycles. The number of phenolic OH excluding ortho intramolecular Hbond substituents is 1. The first kappa shape index (κ1) is 17.9. The highest BCUT2D eigenvalue weighted by molar-refractivity contribution is 7.99. The summed E-state index contributed by atoms with van der Waals surface area (Å²) < 4.78 is 14.7. The molecule has 3 rings (SSSR count). The molecule has 0 saturated heterocycles. The Morgan fingerprint density at radius 3 is 2.77 bits per heavy atom. The second kappa shape index (κ2) is 7.96. The molecule has 0 spiro atoms. The number of rotatable bonds is 6. The molecule has 0 aliphatic carbocycles. The summed E-state index contributed by atoms with van der Waals surface area (Å²) in [5, 5.41) is 24.0. The van der Waals surface area contributed by atoms with Crippen molar-refractivity contribution in [2.24, 2.45) is 0 Å². The molecule has 0 bridgehead atoms. The van der Waals surface area contributed by atoms with Gasteiger partial charge < -0.3 is 10.4 Å². The molecule has 1 heterocycles. The molecule has 0 atom stereocenters. The normalized spacial score (nSPS) is 10.7. The summed E-state index contributed by atoms with van der Waals surface area (Å²) in [6.07, 6.45) is 0. The summed E-state index contributed by atoms with van der Waals surface area (Å²) in [5.41, 5.74) is 2.05. The molecule has 2 aromatic carbocycles. The summed E-state index contributed by atoms with van der Waals surface area (Å²) in [7, 11) is 0. The predicted molar refractivity (Wildman–Crippen MR) is 94.5 cm³/mol. The van der Waals surface area contributed by atoms with Gasteiger partial charge in [0.15, 0.2) is 0 Å². The number of halogens is 1. The lowest BCUT2D eigenvalue weighted by Gasteiger charge is -2.07. The van der Waals surface area contributed by atoms with Crippen LogP contribution >= 0.6 is 11.8 Å². The van der Waals surface area contributed by atoms with Crippen molar-refractivity contribution in [3.05, 3.63) is 59.4 Å². The quantitative estimate of drug-likeness (QED) is 0.644. The van der Waals surface area contributed by atoms with E-state index in [1.165, 1.54) is 34.6 Å². The van der Waals surface area contributed by atoms with Gasteiger partial charge in [-0.05, 0) is 58.8 Å². The predicted octanol–water partition coefficient (Wildman–Crippen LogP) is 2.22. The molecule has 7 nitrogen and oxygen atoms in total. The highest BCUT2D eigenvalue weighted by atomic mass is 32.2. The molecule has 0 saturated carbocycles. The number of nitrogens with one attached hydrogen (secondary N) is 1. The summed E-state index contributed by atoms with van der Waals surface area (Å²) in [5.74, 6) is -0.168. The Hall–Kier alpha value is -2.94. The van der Waals surface area contributed by atoms with E-state index in [0.717, 1.165) is 5.56 Å². The molecule has 3 aromatic rings. The molecule has 0 radical (unpaired) electrons. The molecule has 26 heavy (non-hydrogen) atoms. The van der Waals surface area contributed by atoms with E-state index in [1.54, 1.807) is 31.2 Å². The minimum atomic E-state index is -0.267. The summed E-state index contributed by atoms with van der Waals surface area (Å²) in [6.45, 7) is 2.00. The van der Waals surface area contributed by atoms with Crippen LogP contribution in [0.25, 0.3) is 5.69 Å². The SMILES string of the molecule is Cc1cc(CNC(=O)CSc2nnnn2-c2ccc(O)cc2)ccc1F. The van der Waals surface area contributed by atoms with Crippen LogP contribution < -0.4 is 5.32 Å². The maximum Gasteiger partial charge on any atom is 0.230 e. The largest absolute Gasteiger partial charge is 0.508 e. The maximum atomic E-state index is 13.2. The van der Waals surface area contributed by atoms with Crippen LogP contribution in [0.5, 0.6) is 5.75 Å². The second-order valence-electron chi connectivity index (χ2n) is 5.54. The number of aromatic nitrogens is 4. The van der Waals surface area contributed by atoms with Gasteiger partial charge in [0.1, 0.15) is 11.6 Å². The van der Waals surface area contributed by atoms with Crippen LogP contribution in [0.1, 0.15) is 11.1 Å². The van der Waals surface area contributed by atoms with Gasteiger partial charge in [-0.2, -0.15) is 4.68 Å². The second-order valence-corrected chi connectivity index (χ2v) is 6.48. The lowest BCUT2D eigenvalue weighted by molar-refractivity contribution is -0.118. The first-order chi connectivity index (χ1) is 12.5. The summed E-state index contributed by atoms with van der Waals surface area (Å²) in [6, 6.07) is 11.1. The van der Waals surface area contributed by atoms with Crippen LogP contribution in [0.2, 0.25) is 0 Å². The van der Waals surface area contributed by atoms with Crippen LogP contribution in [0.3, 0.4) is 0 Å². The molecule has 134 valence electrons. The fraction of sp³-hybridized carbons (Fsp3) is 0.176. The van der Waals surface area contributed by atoms with Crippen LogP contribution in [0.4, 0.5) is 4.39 Å². The molecule has 0 aliphatic heterocycles. The lowest BCUT2D eigenvalue weighted by atomic mass is 10.1. The number of benzene rings is 2. The highest BCUT2D eigenvalue weighted by Crippen LogP contribution is 2.19. The van der Waals surface area contributed by atoms with E-state index in [4.69, 9.17) is 0 Å². The van der Waals surface area contributed by atoms with E-state index in [1.807, 2.05) is 0 Å². The van der Waals surface area contributed by atoms with Crippen molar-refractivity contribution in [1.29, 1.82) is 0 Å². The van der Waals surface area contributed by atoms with E-state index in [-0.39, 0.29) is 23.2 Å². The zero-order chi connectivity index (χ0) is 18.5. The molecule has 0 fully saturated rings. The van der Waals surface area contributed by atoms with Crippen molar-refractivity contribution in [1.82, 2.24) is 25.5 Å². The average molecular weight is 373 g/mol. The van der Waals surface area contributed by atoms with Gasteiger partial charge in [0.25, 0.3) is 0 Å². The molecular formula is C17H16FN5O2S. The van der Waals surface area contributed by atoms with Gasteiger partial charge in [0.2, 0.25) is 11.1 Å². The molecule has 0 unspecified atom stereocenters. The highest BCUT2D eigenvalue weighted by Gasteiger charge is 2.11. The Kier molecular flexibility index (Phi) is 5.47.